The maximum absolute atomic E-state index is 13.0. The summed E-state index contributed by atoms with van der Waals surface area (Å²) in [6.45, 7) is 1.04. The highest BCUT2D eigenvalue weighted by atomic mass is 32.2. The van der Waals surface area contributed by atoms with Crippen molar-refractivity contribution in [2.45, 2.75) is 23.8 Å². The van der Waals surface area contributed by atoms with Crippen molar-refractivity contribution in [2.75, 3.05) is 25.4 Å². The van der Waals surface area contributed by atoms with Crippen LogP contribution < -0.4 is 0 Å². The van der Waals surface area contributed by atoms with Crippen molar-refractivity contribution in [3.05, 3.63) is 60.7 Å². The van der Waals surface area contributed by atoms with E-state index in [9.17, 15) is 13.2 Å². The monoisotopic (exact) mass is 426 g/mol. The van der Waals surface area contributed by atoms with Gasteiger partial charge in [-0.2, -0.15) is 0 Å². The van der Waals surface area contributed by atoms with Crippen molar-refractivity contribution in [3.8, 4) is 0 Å². The number of imidazole rings is 1. The quantitative estimate of drug-likeness (QED) is 0.619. The molecule has 0 bridgehead atoms. The first kappa shape index (κ1) is 19.2. The van der Waals surface area contributed by atoms with Gasteiger partial charge in [0.25, 0.3) is 0 Å². The molecule has 0 aliphatic carbocycles. The summed E-state index contributed by atoms with van der Waals surface area (Å²) in [6.07, 6.45) is 3.53. The minimum atomic E-state index is -3.37. The van der Waals surface area contributed by atoms with Crippen LogP contribution in [0.15, 0.2) is 55.0 Å². The molecular formula is C21H22N4O4S. The second-order valence-electron chi connectivity index (χ2n) is 8.06. The topological polar surface area (TPSA) is 94.4 Å². The summed E-state index contributed by atoms with van der Waals surface area (Å²) in [4.78, 5) is 22.6. The normalized spacial score (nSPS) is 22.1. The number of carbonyl (C=O) groups excluding carboxylic acids is 1. The number of para-hydroxylation sites is 2. The third-order valence-electron chi connectivity index (χ3n) is 5.84. The number of nitrogens with zero attached hydrogens (tertiary/aromatic N) is 4. The first-order valence-corrected chi connectivity index (χ1v) is 11.6. The number of hydrogen-bond acceptors (Lipinski definition) is 6. The molecular weight excluding hydrogens is 404 g/mol. The van der Waals surface area contributed by atoms with E-state index in [1.807, 2.05) is 34.9 Å². The highest BCUT2D eigenvalue weighted by Gasteiger charge is 2.53. The summed E-state index contributed by atoms with van der Waals surface area (Å²) < 4.78 is 33.9. The van der Waals surface area contributed by atoms with Crippen LogP contribution in [0.5, 0.6) is 0 Å². The van der Waals surface area contributed by atoms with Gasteiger partial charge in [-0.15, -0.1) is 0 Å². The number of aromatic nitrogens is 3. The van der Waals surface area contributed by atoms with E-state index in [0.29, 0.717) is 25.3 Å². The van der Waals surface area contributed by atoms with Crippen LogP contribution in [0.4, 0.5) is 0 Å². The van der Waals surface area contributed by atoms with Crippen LogP contribution in [0, 0.1) is 0 Å². The van der Waals surface area contributed by atoms with E-state index in [-0.39, 0.29) is 24.7 Å². The molecule has 1 aromatic carbocycles. The van der Waals surface area contributed by atoms with E-state index in [2.05, 4.69) is 9.97 Å². The molecule has 30 heavy (non-hydrogen) atoms. The summed E-state index contributed by atoms with van der Waals surface area (Å²) in [6, 6.07) is 13.1. The second kappa shape index (κ2) is 7.17. The van der Waals surface area contributed by atoms with Gasteiger partial charge in [0.1, 0.15) is 10.9 Å². The lowest BCUT2D eigenvalue weighted by molar-refractivity contribution is -0.164. The van der Waals surface area contributed by atoms with Gasteiger partial charge in [0, 0.05) is 18.4 Å². The van der Waals surface area contributed by atoms with Gasteiger partial charge < -0.3 is 14.2 Å². The third kappa shape index (κ3) is 3.48. The maximum atomic E-state index is 13.0. The van der Waals surface area contributed by atoms with Crippen LogP contribution in [0.25, 0.3) is 11.0 Å². The molecule has 0 saturated carbocycles. The van der Waals surface area contributed by atoms with E-state index in [0.717, 1.165) is 11.0 Å². The molecule has 0 unspecified atom stereocenters. The Morgan fingerprint density at radius 1 is 1.13 bits per heavy atom. The van der Waals surface area contributed by atoms with Crippen LogP contribution >= 0.6 is 0 Å². The van der Waals surface area contributed by atoms with Crippen molar-refractivity contribution >= 4 is 26.8 Å². The van der Waals surface area contributed by atoms with Crippen molar-refractivity contribution < 1.29 is 17.9 Å². The van der Waals surface area contributed by atoms with Gasteiger partial charge in [-0.1, -0.05) is 18.2 Å². The van der Waals surface area contributed by atoms with Crippen molar-refractivity contribution in [1.82, 2.24) is 19.4 Å². The van der Waals surface area contributed by atoms with Crippen molar-refractivity contribution in [1.29, 1.82) is 0 Å². The van der Waals surface area contributed by atoms with Gasteiger partial charge in [-0.05, 0) is 24.3 Å². The molecule has 8 nitrogen and oxygen atoms in total. The van der Waals surface area contributed by atoms with Crippen LogP contribution in [0.2, 0.25) is 0 Å². The summed E-state index contributed by atoms with van der Waals surface area (Å²) in [5.74, 6) is -0.127. The zero-order valence-corrected chi connectivity index (χ0v) is 17.2. The SMILES string of the molecule is O=C(Cc1ccccn1)N1CC2(C1)CS(=O)(=O)[C@@H](Cn1cnc3ccccc31)CO2. The average molecular weight is 426 g/mol. The number of rotatable bonds is 4. The Hall–Kier alpha value is -2.78. The summed E-state index contributed by atoms with van der Waals surface area (Å²) in [5.41, 5.74) is 1.66. The predicted octanol–water partition coefficient (Wildman–Crippen LogP) is 1.07. The smallest absolute Gasteiger partial charge is 0.228 e. The largest absolute Gasteiger partial charge is 0.369 e. The molecule has 1 amide bonds. The summed E-state index contributed by atoms with van der Waals surface area (Å²) in [7, 11) is -3.37. The van der Waals surface area contributed by atoms with Crippen LogP contribution in [-0.4, -0.2) is 70.1 Å². The zero-order valence-electron chi connectivity index (χ0n) is 16.3. The van der Waals surface area contributed by atoms with Gasteiger partial charge in [0.05, 0.1) is 49.2 Å². The number of sulfone groups is 1. The molecule has 2 aliphatic rings. The number of amides is 1. The first-order valence-electron chi connectivity index (χ1n) is 9.87. The van der Waals surface area contributed by atoms with E-state index < -0.39 is 20.7 Å². The van der Waals surface area contributed by atoms with Gasteiger partial charge in [-0.3, -0.25) is 9.78 Å². The Morgan fingerprint density at radius 2 is 1.93 bits per heavy atom. The average Bonchev–Trinajstić information content (AvgIpc) is 3.11. The number of benzene rings is 1. The van der Waals surface area contributed by atoms with Gasteiger partial charge in [0.2, 0.25) is 5.91 Å². The molecule has 0 N–H and O–H groups in total. The molecule has 156 valence electrons. The van der Waals surface area contributed by atoms with Gasteiger partial charge in [0.15, 0.2) is 9.84 Å². The number of pyridine rings is 1. The highest BCUT2D eigenvalue weighted by molar-refractivity contribution is 7.92. The fraction of sp³-hybridized carbons (Fsp3) is 0.381. The molecule has 3 aromatic rings. The predicted molar refractivity (Wildman–Crippen MR) is 111 cm³/mol. The molecule has 5 rings (SSSR count). The molecule has 2 aromatic heterocycles. The molecule has 0 radical (unpaired) electrons. The molecule has 1 atom stereocenters. The second-order valence-corrected chi connectivity index (χ2v) is 10.3. The molecule has 2 aliphatic heterocycles. The van der Waals surface area contributed by atoms with Crippen LogP contribution in [0.1, 0.15) is 5.69 Å². The molecule has 2 saturated heterocycles. The fourth-order valence-corrected chi connectivity index (χ4v) is 6.12. The Labute approximate surface area is 174 Å². The number of ether oxygens (including phenoxy) is 1. The van der Waals surface area contributed by atoms with Crippen molar-refractivity contribution in [2.24, 2.45) is 0 Å². The Balaban J connectivity index is 1.23. The maximum Gasteiger partial charge on any atom is 0.228 e. The Kier molecular flexibility index (Phi) is 4.59. The van der Waals surface area contributed by atoms with Crippen molar-refractivity contribution in [3.63, 3.8) is 0 Å². The fourth-order valence-electron chi connectivity index (χ4n) is 4.22. The molecule has 9 heteroatoms. The standard InChI is InChI=1S/C21H22N4O4S/c26-20(9-16-5-3-4-8-22-16)25-12-21(13-25)14-30(27,28)17(11-29-21)10-24-15-23-18-6-1-2-7-19(18)24/h1-8,15,17H,9-14H2/t17-/m0/s1. The third-order valence-corrected chi connectivity index (χ3v) is 8.07. The number of likely N-dealkylation sites (tertiary alicyclic amines) is 1. The van der Waals surface area contributed by atoms with E-state index >= 15 is 0 Å². The lowest BCUT2D eigenvalue weighted by Crippen LogP contribution is -2.70. The zero-order chi connectivity index (χ0) is 20.8. The summed E-state index contributed by atoms with van der Waals surface area (Å²) >= 11 is 0. The number of carbonyl (C=O) groups is 1. The lowest BCUT2D eigenvalue weighted by atomic mass is 9.95. The van der Waals surface area contributed by atoms with E-state index in [1.54, 1.807) is 29.6 Å². The Morgan fingerprint density at radius 3 is 2.70 bits per heavy atom. The number of hydrogen-bond donors (Lipinski definition) is 0. The molecule has 2 fully saturated rings. The Bertz CT molecular complexity index is 1190. The van der Waals surface area contributed by atoms with Gasteiger partial charge in [-0.25, -0.2) is 13.4 Å². The minimum absolute atomic E-state index is 0.0627. The van der Waals surface area contributed by atoms with E-state index in [1.165, 1.54) is 0 Å². The molecule has 4 heterocycles. The summed E-state index contributed by atoms with van der Waals surface area (Å²) in [5, 5.41) is -0.626. The van der Waals surface area contributed by atoms with Crippen LogP contribution in [-0.2, 0) is 32.3 Å². The van der Waals surface area contributed by atoms with Crippen LogP contribution in [0.3, 0.4) is 0 Å². The lowest BCUT2D eigenvalue weighted by Gasteiger charge is -2.52. The number of fused-ring (bicyclic) bond motifs is 1. The molecule has 1 spiro atoms. The first-order chi connectivity index (χ1) is 14.4. The minimum Gasteiger partial charge on any atom is -0.369 e. The highest BCUT2D eigenvalue weighted by Crippen LogP contribution is 2.33. The van der Waals surface area contributed by atoms with E-state index in [4.69, 9.17) is 4.74 Å². The van der Waals surface area contributed by atoms with Gasteiger partial charge >= 0.3 is 0 Å².